The molecule has 1 aliphatic rings. The number of carbonyl (C=O) groups is 2. The summed E-state index contributed by atoms with van der Waals surface area (Å²) in [5.41, 5.74) is 5.90. The summed E-state index contributed by atoms with van der Waals surface area (Å²) < 4.78 is 6.00. The van der Waals surface area contributed by atoms with Crippen molar-refractivity contribution in [2.75, 3.05) is 26.2 Å². The number of nitrogens with one attached hydrogen (secondary N) is 2. The van der Waals surface area contributed by atoms with Gasteiger partial charge in [-0.15, -0.1) is 0 Å². The van der Waals surface area contributed by atoms with Gasteiger partial charge in [0.2, 0.25) is 0 Å². The van der Waals surface area contributed by atoms with E-state index in [0.717, 1.165) is 44.3 Å². The summed E-state index contributed by atoms with van der Waals surface area (Å²) in [7, 11) is 0. The monoisotopic (exact) mass is 489 g/mol. The number of benzene rings is 3. The fourth-order valence-corrected chi connectivity index (χ4v) is 4.82. The molecule has 0 spiro atoms. The number of carbonyl (C=O) groups excluding carboxylic acids is 2. The minimum absolute atomic E-state index is 0.153. The molecule has 0 bridgehead atoms. The summed E-state index contributed by atoms with van der Waals surface area (Å²) in [6.07, 6.45) is 3.78. The minimum Gasteiger partial charge on any atom is -0.377 e. The Morgan fingerprint density at radius 2 is 1.78 bits per heavy atom. The maximum Gasteiger partial charge on any atom is 0.262 e. The van der Waals surface area contributed by atoms with Gasteiger partial charge in [0, 0.05) is 18.7 Å². The number of aryl methyl sites for hydroxylation is 2. The summed E-state index contributed by atoms with van der Waals surface area (Å²) in [5.74, 6) is -0.726. The number of fused-ring (bicyclic) bond motifs is 1. The van der Waals surface area contributed by atoms with Crippen LogP contribution >= 0.6 is 0 Å². The minimum atomic E-state index is -0.571. The third-order valence-corrected chi connectivity index (χ3v) is 6.94. The zero-order valence-electron chi connectivity index (χ0n) is 20.8. The molecule has 1 heterocycles. The molecule has 1 aliphatic heterocycles. The van der Waals surface area contributed by atoms with E-state index in [9.17, 15) is 9.59 Å². The molecular formula is C29H35N3O4. The van der Waals surface area contributed by atoms with Crippen molar-refractivity contribution in [3.05, 3.63) is 82.9 Å². The van der Waals surface area contributed by atoms with Gasteiger partial charge < -0.3 is 10.1 Å². The van der Waals surface area contributed by atoms with Gasteiger partial charge in [0.1, 0.15) is 6.04 Å². The van der Waals surface area contributed by atoms with E-state index in [1.54, 1.807) is 5.48 Å². The van der Waals surface area contributed by atoms with E-state index < -0.39 is 11.9 Å². The average molecular weight is 490 g/mol. The Bertz CT molecular complexity index is 1170. The Morgan fingerprint density at radius 3 is 2.53 bits per heavy atom. The molecule has 1 saturated heterocycles. The SMILES string of the molecule is Cc1ccc2ccccc2c1COCCCc1ccc(C(=O)NCC(C(=O)NO)N2CCCC2)cc1. The first-order chi connectivity index (χ1) is 17.6. The van der Waals surface area contributed by atoms with Crippen molar-refractivity contribution in [2.24, 2.45) is 0 Å². The van der Waals surface area contributed by atoms with Crippen molar-refractivity contribution in [3.63, 3.8) is 0 Å². The van der Waals surface area contributed by atoms with Crippen LogP contribution in [0, 0.1) is 6.92 Å². The van der Waals surface area contributed by atoms with E-state index in [1.807, 2.05) is 29.2 Å². The first-order valence-corrected chi connectivity index (χ1v) is 12.7. The lowest BCUT2D eigenvalue weighted by Crippen LogP contribution is -2.51. The summed E-state index contributed by atoms with van der Waals surface area (Å²) in [6, 6.07) is 19.6. The molecule has 36 heavy (non-hydrogen) atoms. The van der Waals surface area contributed by atoms with Crippen molar-refractivity contribution in [2.45, 2.75) is 45.3 Å². The summed E-state index contributed by atoms with van der Waals surface area (Å²) >= 11 is 0. The highest BCUT2D eigenvalue weighted by Gasteiger charge is 2.28. The van der Waals surface area contributed by atoms with Gasteiger partial charge in [-0.05, 0) is 85.3 Å². The molecule has 3 aromatic rings. The normalized spacial score (nSPS) is 14.6. The van der Waals surface area contributed by atoms with Crippen LogP contribution in [0.25, 0.3) is 10.8 Å². The van der Waals surface area contributed by atoms with Crippen molar-refractivity contribution in [1.82, 2.24) is 15.7 Å². The second kappa shape index (κ2) is 12.6. The Labute approximate surface area is 212 Å². The van der Waals surface area contributed by atoms with Crippen LogP contribution in [0.15, 0.2) is 60.7 Å². The van der Waals surface area contributed by atoms with Gasteiger partial charge in [-0.3, -0.25) is 19.7 Å². The lowest BCUT2D eigenvalue weighted by molar-refractivity contribution is -0.134. The molecule has 0 aliphatic carbocycles. The number of nitrogens with zero attached hydrogens (tertiary/aromatic N) is 1. The van der Waals surface area contributed by atoms with Crippen molar-refractivity contribution in [3.8, 4) is 0 Å². The van der Waals surface area contributed by atoms with Crippen LogP contribution in [0.5, 0.6) is 0 Å². The molecule has 0 saturated carbocycles. The highest BCUT2D eigenvalue weighted by molar-refractivity contribution is 5.94. The zero-order chi connectivity index (χ0) is 25.3. The molecule has 1 unspecified atom stereocenters. The fourth-order valence-electron chi connectivity index (χ4n) is 4.82. The highest BCUT2D eigenvalue weighted by Crippen LogP contribution is 2.23. The van der Waals surface area contributed by atoms with E-state index in [-0.39, 0.29) is 12.5 Å². The Kier molecular flexibility index (Phi) is 9.06. The zero-order valence-corrected chi connectivity index (χ0v) is 20.8. The van der Waals surface area contributed by atoms with E-state index in [1.165, 1.54) is 21.9 Å². The molecule has 3 aromatic carbocycles. The lowest BCUT2D eigenvalue weighted by Gasteiger charge is -2.25. The van der Waals surface area contributed by atoms with Crippen LogP contribution < -0.4 is 10.8 Å². The summed E-state index contributed by atoms with van der Waals surface area (Å²) in [5, 5.41) is 14.4. The van der Waals surface area contributed by atoms with Crippen LogP contribution in [0.3, 0.4) is 0 Å². The molecule has 7 nitrogen and oxygen atoms in total. The molecule has 0 aromatic heterocycles. The summed E-state index contributed by atoms with van der Waals surface area (Å²) in [6.45, 7) is 5.11. The Hall–Kier alpha value is -3.26. The predicted octanol–water partition coefficient (Wildman–Crippen LogP) is 4.00. The standard InChI is InChI=1S/C29H35N3O4/c1-21-10-13-23-8-2-3-9-25(23)26(21)20-36-18-6-7-22-11-14-24(15-12-22)28(33)30-19-27(29(34)31-35)32-16-4-5-17-32/h2-3,8-15,27,35H,4-7,16-20H2,1H3,(H,30,33)(H,31,34). The predicted molar refractivity (Wildman–Crippen MR) is 140 cm³/mol. The van der Waals surface area contributed by atoms with Crippen molar-refractivity contribution in [1.29, 1.82) is 0 Å². The van der Waals surface area contributed by atoms with E-state index in [0.29, 0.717) is 18.8 Å². The quantitative estimate of drug-likeness (QED) is 0.215. The molecule has 190 valence electrons. The number of amides is 2. The van der Waals surface area contributed by atoms with Crippen molar-refractivity contribution >= 4 is 22.6 Å². The van der Waals surface area contributed by atoms with E-state index in [4.69, 9.17) is 9.94 Å². The van der Waals surface area contributed by atoms with Crippen LogP contribution in [0.1, 0.15) is 46.3 Å². The molecule has 3 N–H and O–H groups in total. The van der Waals surface area contributed by atoms with Gasteiger partial charge in [0.25, 0.3) is 11.8 Å². The maximum atomic E-state index is 12.6. The van der Waals surface area contributed by atoms with E-state index in [2.05, 4.69) is 48.6 Å². The second-order valence-corrected chi connectivity index (χ2v) is 9.38. The molecular weight excluding hydrogens is 454 g/mol. The number of rotatable bonds is 11. The van der Waals surface area contributed by atoms with Gasteiger partial charge >= 0.3 is 0 Å². The van der Waals surface area contributed by atoms with Gasteiger partial charge in [-0.2, -0.15) is 0 Å². The van der Waals surface area contributed by atoms with Gasteiger partial charge in [0.15, 0.2) is 0 Å². The molecule has 0 radical (unpaired) electrons. The van der Waals surface area contributed by atoms with Crippen LogP contribution in [-0.4, -0.2) is 54.2 Å². The van der Waals surface area contributed by atoms with Crippen molar-refractivity contribution < 1.29 is 19.5 Å². The van der Waals surface area contributed by atoms with Gasteiger partial charge in [-0.1, -0.05) is 48.5 Å². The van der Waals surface area contributed by atoms with Gasteiger partial charge in [-0.25, -0.2) is 5.48 Å². The molecule has 4 rings (SSSR count). The number of likely N-dealkylation sites (tertiary alicyclic amines) is 1. The van der Waals surface area contributed by atoms with Gasteiger partial charge in [0.05, 0.1) is 6.61 Å². The smallest absolute Gasteiger partial charge is 0.262 e. The number of hydroxylamine groups is 1. The summed E-state index contributed by atoms with van der Waals surface area (Å²) in [4.78, 5) is 26.6. The third-order valence-electron chi connectivity index (χ3n) is 6.94. The molecule has 2 amide bonds. The number of hydrogen-bond acceptors (Lipinski definition) is 5. The fraction of sp³-hybridized carbons (Fsp3) is 0.379. The lowest BCUT2D eigenvalue weighted by atomic mass is 10.0. The third kappa shape index (κ3) is 6.49. The Morgan fingerprint density at radius 1 is 1.03 bits per heavy atom. The van der Waals surface area contributed by atoms with Crippen LogP contribution in [0.2, 0.25) is 0 Å². The number of ether oxygens (including phenoxy) is 1. The first-order valence-electron chi connectivity index (χ1n) is 12.7. The largest absolute Gasteiger partial charge is 0.377 e. The first kappa shape index (κ1) is 25.8. The average Bonchev–Trinajstić information content (AvgIpc) is 3.44. The topological polar surface area (TPSA) is 90.9 Å². The molecule has 1 atom stereocenters. The Balaban J connectivity index is 1.22. The van der Waals surface area contributed by atoms with Crippen LogP contribution in [-0.2, 0) is 22.6 Å². The van der Waals surface area contributed by atoms with Crippen LogP contribution in [0.4, 0.5) is 0 Å². The maximum absolute atomic E-state index is 12.6. The molecule has 7 heteroatoms. The van der Waals surface area contributed by atoms with E-state index >= 15 is 0 Å². The molecule has 1 fully saturated rings. The number of hydrogen-bond donors (Lipinski definition) is 3. The second-order valence-electron chi connectivity index (χ2n) is 9.38. The highest BCUT2D eigenvalue weighted by atomic mass is 16.5.